The number of nitrogens with two attached hydrogens (primary N) is 1. The number of nitrogens with zero attached hydrogens (tertiary/aromatic N) is 1. The maximum atomic E-state index is 14.3. The summed E-state index contributed by atoms with van der Waals surface area (Å²) in [5, 5.41) is 20.2. The summed E-state index contributed by atoms with van der Waals surface area (Å²) in [6, 6.07) is 23.8. The highest BCUT2D eigenvalue weighted by molar-refractivity contribution is 8.00. The van der Waals surface area contributed by atoms with Crippen molar-refractivity contribution in [3.8, 4) is 0 Å². The Kier molecular flexibility index (Phi) is 16.7. The van der Waals surface area contributed by atoms with Crippen molar-refractivity contribution in [1.29, 1.82) is 0 Å². The summed E-state index contributed by atoms with van der Waals surface area (Å²) in [6.45, 7) is 8.56. The van der Waals surface area contributed by atoms with Gasteiger partial charge >= 0.3 is 12.1 Å². The number of nitrogens with one attached hydrogen (secondary N) is 4. The molecule has 0 aromatic heterocycles. The van der Waals surface area contributed by atoms with E-state index in [4.69, 9.17) is 10.5 Å². The van der Waals surface area contributed by atoms with E-state index in [1.54, 1.807) is 20.8 Å². The number of carboxylic acids is 1. The third kappa shape index (κ3) is 13.1. The predicted molar refractivity (Wildman–Crippen MR) is 227 cm³/mol. The van der Waals surface area contributed by atoms with Crippen molar-refractivity contribution in [2.75, 3.05) is 18.8 Å². The van der Waals surface area contributed by atoms with Crippen LogP contribution in [0.4, 0.5) is 4.79 Å². The number of amides is 6. The van der Waals surface area contributed by atoms with Crippen molar-refractivity contribution >= 4 is 53.4 Å². The maximum absolute atomic E-state index is 14.3. The van der Waals surface area contributed by atoms with Crippen molar-refractivity contribution in [3.05, 3.63) is 108 Å². The first-order valence-electron chi connectivity index (χ1n) is 19.9. The summed E-state index contributed by atoms with van der Waals surface area (Å²) in [5.41, 5.74) is 7.17. The molecule has 0 unspecified atom stereocenters. The number of thioether (sulfide) groups is 1. The number of carbonyl (C=O) groups is 7. The molecule has 15 nitrogen and oxygen atoms in total. The van der Waals surface area contributed by atoms with Gasteiger partial charge in [-0.25, -0.2) is 9.59 Å². The fourth-order valence-electron chi connectivity index (χ4n) is 7.01. The standard InChI is InChI=1S/C44H56N6O9S/c1-28(2)24-32(47-37(52)26-46-42(58)59-43(3,4)5)40(55)50-23-15-22-35(50)39(54)49-34(38(53)48-33(41(56)57)25-36(45)51)27-60-44(29-16-9-6-10-17-29,30-18-11-7-12-19-30)31-20-13-8-14-21-31/h6-14,16-21,28,32-35H,15,22-27H2,1-5H3,(H2,45,51)(H,46,58)(H,47,52)(H,48,53)(H,49,54)(H,56,57)/t32-,33-,34-,35-/m0/s1. The first-order valence-corrected chi connectivity index (χ1v) is 20.9. The van der Waals surface area contributed by atoms with Gasteiger partial charge in [0.25, 0.3) is 0 Å². The molecule has 0 aliphatic carbocycles. The SMILES string of the molecule is CC(C)C[C@H](NC(=O)CNC(=O)OC(C)(C)C)C(=O)N1CCC[C@H]1C(=O)N[C@@H](CSC(c1ccccc1)(c1ccccc1)c1ccccc1)C(=O)N[C@@H](CC(N)=O)C(=O)O. The number of carboxylic acid groups (broad SMARTS) is 1. The van der Waals surface area contributed by atoms with Crippen LogP contribution < -0.4 is 27.0 Å². The average molecular weight is 845 g/mol. The average Bonchev–Trinajstić information content (AvgIpc) is 3.70. The van der Waals surface area contributed by atoms with Crippen molar-refractivity contribution in [2.24, 2.45) is 11.7 Å². The minimum atomic E-state index is -1.67. The summed E-state index contributed by atoms with van der Waals surface area (Å²) < 4.78 is 4.27. The van der Waals surface area contributed by atoms with Crippen LogP contribution in [0.25, 0.3) is 0 Å². The van der Waals surface area contributed by atoms with Gasteiger partial charge in [-0.2, -0.15) is 0 Å². The van der Waals surface area contributed by atoms with E-state index in [0.717, 1.165) is 16.7 Å². The lowest BCUT2D eigenvalue weighted by molar-refractivity contribution is -0.144. The van der Waals surface area contributed by atoms with Gasteiger partial charge in [-0.3, -0.25) is 24.0 Å². The van der Waals surface area contributed by atoms with E-state index in [0.29, 0.717) is 6.42 Å². The predicted octanol–water partition coefficient (Wildman–Crippen LogP) is 3.69. The van der Waals surface area contributed by atoms with Crippen molar-refractivity contribution in [1.82, 2.24) is 26.2 Å². The molecule has 1 fully saturated rings. The number of carbonyl (C=O) groups excluding carboxylic acids is 6. The fraction of sp³-hybridized carbons (Fsp3) is 0.432. The zero-order valence-corrected chi connectivity index (χ0v) is 35.5. The van der Waals surface area contributed by atoms with E-state index in [2.05, 4.69) is 21.3 Å². The van der Waals surface area contributed by atoms with E-state index in [9.17, 15) is 38.7 Å². The molecule has 16 heteroatoms. The van der Waals surface area contributed by atoms with E-state index in [1.807, 2.05) is 105 Å². The van der Waals surface area contributed by atoms with Gasteiger partial charge in [-0.05, 0) is 62.6 Å². The summed E-state index contributed by atoms with van der Waals surface area (Å²) >= 11 is 1.35. The van der Waals surface area contributed by atoms with Crippen LogP contribution >= 0.6 is 11.8 Å². The van der Waals surface area contributed by atoms with Crippen molar-refractivity contribution in [3.63, 3.8) is 0 Å². The summed E-state index contributed by atoms with van der Waals surface area (Å²) in [7, 11) is 0. The molecule has 0 bridgehead atoms. The van der Waals surface area contributed by atoms with Gasteiger partial charge in [0.15, 0.2) is 0 Å². The van der Waals surface area contributed by atoms with E-state index < -0.39 is 89.1 Å². The van der Waals surface area contributed by atoms with Gasteiger partial charge in [-0.15, -0.1) is 11.8 Å². The van der Waals surface area contributed by atoms with Crippen LogP contribution in [0.15, 0.2) is 91.0 Å². The van der Waals surface area contributed by atoms with Gasteiger partial charge in [0.05, 0.1) is 11.2 Å². The molecule has 0 saturated carbocycles. The Morgan fingerprint density at radius 3 is 1.80 bits per heavy atom. The van der Waals surface area contributed by atoms with E-state index in [-0.39, 0.29) is 31.1 Å². The van der Waals surface area contributed by atoms with Crippen LogP contribution in [0, 0.1) is 5.92 Å². The molecule has 1 aliphatic heterocycles. The number of aliphatic carboxylic acids is 1. The molecule has 0 radical (unpaired) electrons. The largest absolute Gasteiger partial charge is 0.480 e. The Morgan fingerprint density at radius 2 is 1.33 bits per heavy atom. The highest BCUT2D eigenvalue weighted by atomic mass is 32.2. The Balaban J connectivity index is 1.65. The molecule has 3 aromatic carbocycles. The molecule has 322 valence electrons. The molecule has 3 aromatic rings. The fourth-order valence-corrected chi connectivity index (χ4v) is 8.57. The van der Waals surface area contributed by atoms with Crippen LogP contribution in [0.1, 0.15) is 77.0 Å². The molecule has 60 heavy (non-hydrogen) atoms. The Hall–Kier alpha value is -5.90. The zero-order chi connectivity index (χ0) is 44.0. The number of ether oxygens (including phenoxy) is 1. The van der Waals surface area contributed by atoms with Crippen LogP contribution in [0.2, 0.25) is 0 Å². The van der Waals surface area contributed by atoms with Crippen LogP contribution in [-0.2, 0) is 38.3 Å². The smallest absolute Gasteiger partial charge is 0.408 e. The highest BCUT2D eigenvalue weighted by Gasteiger charge is 2.42. The molecule has 1 saturated heterocycles. The molecular weight excluding hydrogens is 789 g/mol. The van der Waals surface area contributed by atoms with E-state index in [1.165, 1.54) is 16.7 Å². The van der Waals surface area contributed by atoms with Crippen LogP contribution in [-0.4, -0.2) is 100 Å². The quantitative estimate of drug-likeness (QED) is 0.0960. The molecule has 1 heterocycles. The van der Waals surface area contributed by atoms with Gasteiger partial charge in [0.2, 0.25) is 29.5 Å². The van der Waals surface area contributed by atoms with Gasteiger partial charge in [-0.1, -0.05) is 105 Å². The van der Waals surface area contributed by atoms with Crippen LogP contribution in [0.3, 0.4) is 0 Å². The minimum absolute atomic E-state index is 0.0419. The Morgan fingerprint density at radius 1 is 0.800 bits per heavy atom. The summed E-state index contributed by atoms with van der Waals surface area (Å²) in [5.74, 6) is -5.23. The lowest BCUT2D eigenvalue weighted by Crippen LogP contribution is -2.58. The Labute approximate surface area is 354 Å². The lowest BCUT2D eigenvalue weighted by Gasteiger charge is -2.37. The third-order valence-electron chi connectivity index (χ3n) is 9.63. The Bertz CT molecular complexity index is 1860. The molecule has 0 spiro atoms. The molecular formula is C44H56N6O9S. The number of likely N-dealkylation sites (tertiary alicyclic amines) is 1. The third-order valence-corrected chi connectivity index (χ3v) is 11.3. The molecule has 1 aliphatic rings. The van der Waals surface area contributed by atoms with Crippen molar-refractivity contribution in [2.45, 2.75) is 94.8 Å². The monoisotopic (exact) mass is 844 g/mol. The second-order valence-electron chi connectivity index (χ2n) is 16.0. The van der Waals surface area contributed by atoms with E-state index >= 15 is 0 Å². The number of rotatable bonds is 19. The topological polar surface area (TPSA) is 226 Å². The first-order chi connectivity index (χ1) is 28.4. The second kappa shape index (κ2) is 21.4. The molecule has 4 rings (SSSR count). The van der Waals surface area contributed by atoms with Crippen molar-refractivity contribution < 1.29 is 43.4 Å². The number of primary amides is 1. The highest BCUT2D eigenvalue weighted by Crippen LogP contribution is 2.48. The number of benzene rings is 3. The maximum Gasteiger partial charge on any atom is 0.408 e. The normalized spacial score (nSPS) is 15.6. The number of hydrogen-bond acceptors (Lipinski definition) is 9. The van der Waals surface area contributed by atoms with Gasteiger partial charge in [0.1, 0.15) is 36.3 Å². The number of hydrogen-bond donors (Lipinski definition) is 6. The molecule has 4 atom stereocenters. The first kappa shape index (κ1) is 46.8. The molecule has 6 amide bonds. The van der Waals surface area contributed by atoms with Crippen LogP contribution in [0.5, 0.6) is 0 Å². The number of alkyl carbamates (subject to hydrolysis) is 1. The molecule has 7 N–H and O–H groups in total. The zero-order valence-electron chi connectivity index (χ0n) is 34.6. The van der Waals surface area contributed by atoms with Gasteiger partial charge < -0.3 is 41.7 Å². The lowest BCUT2D eigenvalue weighted by atomic mass is 9.84. The summed E-state index contributed by atoms with van der Waals surface area (Å²) in [6.07, 6.45) is -0.534. The minimum Gasteiger partial charge on any atom is -0.480 e. The summed E-state index contributed by atoms with van der Waals surface area (Å²) in [4.78, 5) is 93.1. The van der Waals surface area contributed by atoms with Gasteiger partial charge in [0, 0.05) is 12.3 Å². The second-order valence-corrected chi connectivity index (χ2v) is 17.3.